The average molecular weight is 309 g/mol. The molecule has 3 nitrogen and oxygen atoms in total. The zero-order valence-corrected chi connectivity index (χ0v) is 13.3. The molecule has 1 N–H and O–H groups in total. The average Bonchev–Trinajstić information content (AvgIpc) is 2.96. The predicted octanol–water partition coefficient (Wildman–Crippen LogP) is 2.64. The summed E-state index contributed by atoms with van der Waals surface area (Å²) in [6.07, 6.45) is 5.50. The van der Waals surface area contributed by atoms with Gasteiger partial charge in [0.1, 0.15) is 0 Å². The molecular formula is C17H25ClN2O. The van der Waals surface area contributed by atoms with Crippen molar-refractivity contribution in [2.45, 2.75) is 38.1 Å². The summed E-state index contributed by atoms with van der Waals surface area (Å²) in [5.41, 5.74) is 1.35. The van der Waals surface area contributed by atoms with Crippen LogP contribution < -0.4 is 5.32 Å². The first-order valence-corrected chi connectivity index (χ1v) is 7.90. The molecule has 2 heterocycles. The number of likely N-dealkylation sites (tertiary alicyclic amines) is 1. The second-order valence-electron chi connectivity index (χ2n) is 6.06. The molecule has 0 saturated carbocycles. The fourth-order valence-corrected chi connectivity index (χ4v) is 3.52. The van der Waals surface area contributed by atoms with Gasteiger partial charge in [0.05, 0.1) is 5.92 Å². The number of rotatable bonds is 3. The second-order valence-corrected chi connectivity index (χ2v) is 6.06. The van der Waals surface area contributed by atoms with Crippen LogP contribution in [0, 0.1) is 5.92 Å². The molecule has 2 unspecified atom stereocenters. The minimum atomic E-state index is 0. The Hall–Kier alpha value is -1.06. The standard InChI is InChI=1S/C17H24N2O.ClH/c20-17(15-8-4-10-18-13-15)19-11-5-9-16(19)12-14-6-2-1-3-7-14;/h1-3,6-7,15-16,18H,4-5,8-13H2;1H. The topological polar surface area (TPSA) is 32.3 Å². The lowest BCUT2D eigenvalue weighted by atomic mass is 9.97. The number of piperidine rings is 1. The zero-order chi connectivity index (χ0) is 13.8. The van der Waals surface area contributed by atoms with Gasteiger partial charge in [0, 0.05) is 19.1 Å². The molecule has 116 valence electrons. The van der Waals surface area contributed by atoms with Crippen molar-refractivity contribution >= 4 is 18.3 Å². The Morgan fingerprint density at radius 1 is 1.19 bits per heavy atom. The molecule has 0 spiro atoms. The molecule has 3 rings (SSSR count). The van der Waals surface area contributed by atoms with E-state index < -0.39 is 0 Å². The molecule has 2 saturated heterocycles. The van der Waals surface area contributed by atoms with Crippen LogP contribution in [0.5, 0.6) is 0 Å². The van der Waals surface area contributed by atoms with Crippen molar-refractivity contribution < 1.29 is 4.79 Å². The summed E-state index contributed by atoms with van der Waals surface area (Å²) >= 11 is 0. The van der Waals surface area contributed by atoms with Crippen LogP contribution in [-0.2, 0) is 11.2 Å². The minimum Gasteiger partial charge on any atom is -0.339 e. The van der Waals surface area contributed by atoms with Crippen molar-refractivity contribution in [3.8, 4) is 0 Å². The van der Waals surface area contributed by atoms with E-state index >= 15 is 0 Å². The first-order chi connectivity index (χ1) is 9.84. The first-order valence-electron chi connectivity index (χ1n) is 7.90. The SMILES string of the molecule is Cl.O=C(C1CCCNC1)N1CCCC1Cc1ccccc1. The fraction of sp³-hybridized carbons (Fsp3) is 0.588. The molecule has 1 aromatic carbocycles. The number of hydrogen-bond donors (Lipinski definition) is 1. The number of hydrogen-bond acceptors (Lipinski definition) is 2. The van der Waals surface area contributed by atoms with E-state index in [4.69, 9.17) is 0 Å². The molecule has 2 aliphatic rings. The van der Waals surface area contributed by atoms with Crippen molar-refractivity contribution in [1.29, 1.82) is 0 Å². The molecule has 0 aliphatic carbocycles. The highest BCUT2D eigenvalue weighted by molar-refractivity contribution is 5.85. The summed E-state index contributed by atoms with van der Waals surface area (Å²) in [6.45, 7) is 2.89. The Labute approximate surface area is 133 Å². The van der Waals surface area contributed by atoms with Gasteiger partial charge in [-0.3, -0.25) is 4.79 Å². The second kappa shape index (κ2) is 7.81. The summed E-state index contributed by atoms with van der Waals surface area (Å²) in [7, 11) is 0. The van der Waals surface area contributed by atoms with Gasteiger partial charge in [0.15, 0.2) is 0 Å². The molecule has 2 fully saturated rings. The molecule has 4 heteroatoms. The largest absolute Gasteiger partial charge is 0.339 e. The maximum atomic E-state index is 12.7. The van der Waals surface area contributed by atoms with Gasteiger partial charge in [0.2, 0.25) is 5.91 Å². The van der Waals surface area contributed by atoms with E-state index in [2.05, 4.69) is 40.5 Å². The summed E-state index contributed by atoms with van der Waals surface area (Å²) in [5, 5.41) is 3.36. The van der Waals surface area contributed by atoms with Gasteiger partial charge in [-0.2, -0.15) is 0 Å². The van der Waals surface area contributed by atoms with Gasteiger partial charge >= 0.3 is 0 Å². The highest BCUT2D eigenvalue weighted by Gasteiger charge is 2.33. The third-order valence-electron chi connectivity index (χ3n) is 4.62. The van der Waals surface area contributed by atoms with Gasteiger partial charge in [-0.05, 0) is 44.2 Å². The molecular weight excluding hydrogens is 284 g/mol. The predicted molar refractivity (Wildman–Crippen MR) is 87.7 cm³/mol. The lowest BCUT2D eigenvalue weighted by Gasteiger charge is -2.31. The van der Waals surface area contributed by atoms with Crippen LogP contribution in [0.25, 0.3) is 0 Å². The monoisotopic (exact) mass is 308 g/mol. The fourth-order valence-electron chi connectivity index (χ4n) is 3.52. The van der Waals surface area contributed by atoms with Crippen LogP contribution in [0.1, 0.15) is 31.2 Å². The Morgan fingerprint density at radius 3 is 2.71 bits per heavy atom. The van der Waals surface area contributed by atoms with Gasteiger partial charge in [-0.25, -0.2) is 0 Å². The zero-order valence-electron chi connectivity index (χ0n) is 12.5. The van der Waals surface area contributed by atoms with E-state index in [0.717, 1.165) is 51.7 Å². The molecule has 21 heavy (non-hydrogen) atoms. The van der Waals surface area contributed by atoms with Crippen LogP contribution in [0.2, 0.25) is 0 Å². The van der Waals surface area contributed by atoms with E-state index in [1.165, 1.54) is 5.56 Å². The van der Waals surface area contributed by atoms with Crippen LogP contribution in [0.4, 0.5) is 0 Å². The number of nitrogens with one attached hydrogen (secondary N) is 1. The Balaban J connectivity index is 0.00000161. The lowest BCUT2D eigenvalue weighted by molar-refractivity contribution is -0.136. The summed E-state index contributed by atoms with van der Waals surface area (Å²) in [4.78, 5) is 14.8. The molecule has 1 aromatic rings. The highest BCUT2D eigenvalue weighted by atomic mass is 35.5. The normalized spacial score (nSPS) is 25.4. The van der Waals surface area contributed by atoms with E-state index in [-0.39, 0.29) is 18.3 Å². The Bertz CT molecular complexity index is 445. The smallest absolute Gasteiger partial charge is 0.227 e. The van der Waals surface area contributed by atoms with Gasteiger partial charge in [-0.15, -0.1) is 12.4 Å². The first kappa shape index (κ1) is 16.3. The van der Waals surface area contributed by atoms with Gasteiger partial charge in [-0.1, -0.05) is 30.3 Å². The minimum absolute atomic E-state index is 0. The van der Waals surface area contributed by atoms with Crippen molar-refractivity contribution in [2.75, 3.05) is 19.6 Å². The molecule has 0 radical (unpaired) electrons. The van der Waals surface area contributed by atoms with Gasteiger partial charge < -0.3 is 10.2 Å². The highest BCUT2D eigenvalue weighted by Crippen LogP contribution is 2.25. The number of carbonyl (C=O) groups excluding carboxylic acids is 1. The molecule has 1 amide bonds. The molecule has 0 bridgehead atoms. The number of amides is 1. The third kappa shape index (κ3) is 3.98. The van der Waals surface area contributed by atoms with Crippen molar-refractivity contribution in [1.82, 2.24) is 10.2 Å². The number of halogens is 1. The Kier molecular flexibility index (Phi) is 6.07. The van der Waals surface area contributed by atoms with Crippen molar-refractivity contribution in [3.63, 3.8) is 0 Å². The van der Waals surface area contributed by atoms with E-state index in [1.807, 2.05) is 0 Å². The lowest BCUT2D eigenvalue weighted by Crippen LogP contribution is -2.45. The van der Waals surface area contributed by atoms with E-state index in [1.54, 1.807) is 0 Å². The Morgan fingerprint density at radius 2 is 2.00 bits per heavy atom. The molecule has 2 aliphatic heterocycles. The van der Waals surface area contributed by atoms with Crippen molar-refractivity contribution in [2.24, 2.45) is 5.92 Å². The van der Waals surface area contributed by atoms with Gasteiger partial charge in [0.25, 0.3) is 0 Å². The third-order valence-corrected chi connectivity index (χ3v) is 4.62. The van der Waals surface area contributed by atoms with Crippen LogP contribution in [0.3, 0.4) is 0 Å². The van der Waals surface area contributed by atoms with Crippen LogP contribution in [0.15, 0.2) is 30.3 Å². The molecule has 0 aromatic heterocycles. The van der Waals surface area contributed by atoms with Crippen LogP contribution >= 0.6 is 12.4 Å². The van der Waals surface area contributed by atoms with Crippen molar-refractivity contribution in [3.05, 3.63) is 35.9 Å². The van der Waals surface area contributed by atoms with Crippen LogP contribution in [-0.4, -0.2) is 36.5 Å². The number of benzene rings is 1. The summed E-state index contributed by atoms with van der Waals surface area (Å²) < 4.78 is 0. The maximum absolute atomic E-state index is 12.7. The van der Waals surface area contributed by atoms with E-state index in [9.17, 15) is 4.79 Å². The summed E-state index contributed by atoms with van der Waals surface area (Å²) in [5.74, 6) is 0.593. The van der Waals surface area contributed by atoms with E-state index in [0.29, 0.717) is 11.9 Å². The quantitative estimate of drug-likeness (QED) is 0.931. The number of carbonyl (C=O) groups is 1. The maximum Gasteiger partial charge on any atom is 0.227 e. The number of nitrogens with zero attached hydrogens (tertiary/aromatic N) is 1. The molecule has 2 atom stereocenters. The summed E-state index contributed by atoms with van der Waals surface area (Å²) in [6, 6.07) is 11.0.